The number of hydrogen-bond acceptors (Lipinski definition) is 7. The summed E-state index contributed by atoms with van der Waals surface area (Å²) in [5, 5.41) is 4.70. The molecule has 0 bridgehead atoms. The monoisotopic (exact) mass is 471 g/mol. The molecule has 174 valence electrons. The molecule has 8 nitrogen and oxygen atoms in total. The maximum Gasteiger partial charge on any atom is 0.235 e. The number of anilines is 2. The van der Waals surface area contributed by atoms with E-state index in [0.717, 1.165) is 23.9 Å². The molecular formula is C24H28ClN4O4+. The number of nitrogens with zero attached hydrogens (tertiary/aromatic N) is 2. The van der Waals surface area contributed by atoms with E-state index in [2.05, 4.69) is 20.2 Å². The Balaban J connectivity index is 1.35. The number of methoxy groups -OCH3 is 1. The minimum Gasteiger partial charge on any atom is -0.493 e. The van der Waals surface area contributed by atoms with Gasteiger partial charge in [-0.2, -0.15) is 0 Å². The number of aromatic nitrogens is 2. The molecule has 3 aromatic rings. The summed E-state index contributed by atoms with van der Waals surface area (Å²) < 4.78 is 22.8. The first kappa shape index (κ1) is 21.9. The Kier molecular flexibility index (Phi) is 6.55. The molecule has 1 fully saturated rings. The summed E-state index contributed by atoms with van der Waals surface area (Å²) in [7, 11) is 1.64. The summed E-state index contributed by atoms with van der Waals surface area (Å²) in [6, 6.07) is 7.39. The van der Waals surface area contributed by atoms with Crippen LogP contribution in [0, 0.1) is 0 Å². The second kappa shape index (κ2) is 9.89. The highest BCUT2D eigenvalue weighted by Crippen LogP contribution is 2.45. The molecule has 0 amide bonds. The van der Waals surface area contributed by atoms with Crippen molar-refractivity contribution < 1.29 is 23.9 Å². The van der Waals surface area contributed by atoms with E-state index in [1.54, 1.807) is 25.6 Å². The van der Waals surface area contributed by atoms with Crippen molar-refractivity contribution in [3.8, 4) is 23.0 Å². The van der Waals surface area contributed by atoms with Crippen molar-refractivity contribution >= 4 is 34.0 Å². The lowest BCUT2D eigenvalue weighted by Gasteiger charge is -2.26. The number of likely N-dealkylation sites (tertiary alicyclic amines) is 1. The first-order valence-corrected chi connectivity index (χ1v) is 11.7. The Morgan fingerprint density at radius 1 is 1.15 bits per heavy atom. The van der Waals surface area contributed by atoms with Gasteiger partial charge >= 0.3 is 0 Å². The third-order valence-electron chi connectivity index (χ3n) is 6.03. The van der Waals surface area contributed by atoms with Crippen LogP contribution in [-0.2, 0) is 0 Å². The number of halogens is 1. The van der Waals surface area contributed by atoms with E-state index >= 15 is 0 Å². The van der Waals surface area contributed by atoms with E-state index in [4.69, 9.17) is 30.5 Å². The van der Waals surface area contributed by atoms with Gasteiger partial charge in [-0.3, -0.25) is 5.32 Å². The SMILES string of the molecule is COc1cc2c(Nc3c(Cl)ccc4c3OCO4)[nH+]cnc2cc1OCCCN1CCCCC1. The summed E-state index contributed by atoms with van der Waals surface area (Å²) in [6.07, 6.45) is 6.56. The van der Waals surface area contributed by atoms with Crippen molar-refractivity contribution in [2.45, 2.75) is 25.7 Å². The first-order chi connectivity index (χ1) is 16.2. The van der Waals surface area contributed by atoms with E-state index in [1.807, 2.05) is 12.1 Å². The van der Waals surface area contributed by atoms with Crippen LogP contribution in [0.15, 0.2) is 30.6 Å². The van der Waals surface area contributed by atoms with E-state index in [-0.39, 0.29) is 6.79 Å². The average molecular weight is 472 g/mol. The Hall–Kier alpha value is -2.97. The molecule has 9 heteroatoms. The van der Waals surface area contributed by atoms with Crippen molar-refractivity contribution in [3.63, 3.8) is 0 Å². The zero-order chi connectivity index (χ0) is 22.6. The van der Waals surface area contributed by atoms with Gasteiger partial charge in [-0.05, 0) is 44.5 Å². The molecule has 1 aromatic heterocycles. The minimum atomic E-state index is 0.164. The fraction of sp³-hybridized carbons (Fsp3) is 0.417. The van der Waals surface area contributed by atoms with E-state index in [9.17, 15) is 0 Å². The van der Waals surface area contributed by atoms with E-state index in [0.29, 0.717) is 46.1 Å². The van der Waals surface area contributed by atoms with Crippen LogP contribution >= 0.6 is 11.6 Å². The predicted molar refractivity (Wildman–Crippen MR) is 126 cm³/mol. The lowest BCUT2D eigenvalue weighted by molar-refractivity contribution is -0.363. The summed E-state index contributed by atoms with van der Waals surface area (Å²) in [5.41, 5.74) is 1.40. The third-order valence-corrected chi connectivity index (χ3v) is 6.34. The van der Waals surface area contributed by atoms with Crippen LogP contribution in [0.4, 0.5) is 11.5 Å². The number of ether oxygens (including phenoxy) is 4. The molecule has 0 saturated carbocycles. The molecule has 5 rings (SSSR count). The normalized spacial score (nSPS) is 15.6. The van der Waals surface area contributed by atoms with Crippen LogP contribution in [-0.4, -0.2) is 50.0 Å². The molecule has 0 radical (unpaired) electrons. The zero-order valence-electron chi connectivity index (χ0n) is 18.7. The summed E-state index contributed by atoms with van der Waals surface area (Å²) in [4.78, 5) is 10.2. The van der Waals surface area contributed by atoms with Gasteiger partial charge in [-0.1, -0.05) is 18.0 Å². The number of rotatable bonds is 8. The zero-order valence-corrected chi connectivity index (χ0v) is 19.4. The maximum absolute atomic E-state index is 6.44. The molecule has 2 aliphatic heterocycles. The van der Waals surface area contributed by atoms with Gasteiger partial charge in [0, 0.05) is 18.7 Å². The van der Waals surface area contributed by atoms with Gasteiger partial charge in [0.05, 0.1) is 24.1 Å². The molecule has 0 aliphatic carbocycles. The van der Waals surface area contributed by atoms with Crippen molar-refractivity contribution in [1.82, 2.24) is 9.88 Å². The largest absolute Gasteiger partial charge is 0.493 e. The van der Waals surface area contributed by atoms with Crippen LogP contribution in [0.3, 0.4) is 0 Å². The number of hydrogen-bond donors (Lipinski definition) is 1. The van der Waals surface area contributed by atoms with Crippen molar-refractivity contribution in [2.75, 3.05) is 45.5 Å². The van der Waals surface area contributed by atoms with Gasteiger partial charge in [-0.25, -0.2) is 4.98 Å². The summed E-state index contributed by atoms with van der Waals surface area (Å²) in [5.74, 6) is 3.28. The van der Waals surface area contributed by atoms with E-state index < -0.39 is 0 Å². The number of aromatic amines is 1. The fourth-order valence-corrected chi connectivity index (χ4v) is 4.52. The van der Waals surface area contributed by atoms with Crippen LogP contribution in [0.25, 0.3) is 10.9 Å². The lowest BCUT2D eigenvalue weighted by Crippen LogP contribution is -2.31. The van der Waals surface area contributed by atoms with Crippen molar-refractivity contribution in [3.05, 3.63) is 35.6 Å². The molecule has 1 saturated heterocycles. The minimum absolute atomic E-state index is 0.164. The van der Waals surface area contributed by atoms with Crippen molar-refractivity contribution in [2.24, 2.45) is 0 Å². The topological polar surface area (TPSA) is 79.2 Å². The van der Waals surface area contributed by atoms with Crippen molar-refractivity contribution in [1.29, 1.82) is 0 Å². The smallest absolute Gasteiger partial charge is 0.235 e. The van der Waals surface area contributed by atoms with E-state index in [1.165, 1.54) is 32.4 Å². The number of fused-ring (bicyclic) bond motifs is 2. The van der Waals surface area contributed by atoms with Crippen LogP contribution in [0.5, 0.6) is 23.0 Å². The Morgan fingerprint density at radius 2 is 2.03 bits per heavy atom. The first-order valence-electron chi connectivity index (χ1n) is 11.3. The third kappa shape index (κ3) is 4.72. The molecule has 0 unspecified atom stereocenters. The number of H-pyrrole nitrogens is 1. The number of nitrogens with one attached hydrogen (secondary N) is 2. The molecule has 2 aromatic carbocycles. The van der Waals surface area contributed by atoms with Crippen LogP contribution in [0.1, 0.15) is 25.7 Å². The summed E-state index contributed by atoms with van der Waals surface area (Å²) >= 11 is 6.44. The molecule has 2 N–H and O–H groups in total. The average Bonchev–Trinajstić information content (AvgIpc) is 3.33. The van der Waals surface area contributed by atoms with Crippen LogP contribution in [0.2, 0.25) is 5.02 Å². The van der Waals surface area contributed by atoms with Gasteiger partial charge < -0.3 is 23.8 Å². The highest BCUT2D eigenvalue weighted by molar-refractivity contribution is 6.34. The highest BCUT2D eigenvalue weighted by atomic mass is 35.5. The Bertz CT molecular complexity index is 1140. The molecule has 0 spiro atoms. The predicted octanol–water partition coefficient (Wildman–Crippen LogP) is 4.44. The quantitative estimate of drug-likeness (QED) is 0.486. The number of piperidine rings is 1. The Morgan fingerprint density at radius 3 is 2.88 bits per heavy atom. The summed E-state index contributed by atoms with van der Waals surface area (Å²) in [6.45, 7) is 4.25. The molecule has 3 heterocycles. The van der Waals surface area contributed by atoms with Gasteiger partial charge in [-0.15, -0.1) is 4.98 Å². The highest BCUT2D eigenvalue weighted by Gasteiger charge is 2.24. The second-order valence-corrected chi connectivity index (χ2v) is 8.59. The molecular weight excluding hydrogens is 444 g/mol. The fourth-order valence-electron chi connectivity index (χ4n) is 4.32. The van der Waals surface area contributed by atoms with Crippen LogP contribution < -0.4 is 29.2 Å². The molecule has 0 atom stereocenters. The van der Waals surface area contributed by atoms with Gasteiger partial charge in [0.15, 0.2) is 28.5 Å². The van der Waals surface area contributed by atoms with Gasteiger partial charge in [0.25, 0.3) is 0 Å². The standard InChI is InChI=1S/C24H27ClN4O4/c1-30-20-12-16-18(13-21(20)31-11-5-10-29-8-3-2-4-9-29)26-14-27-24(16)28-22-17(25)6-7-19-23(22)33-15-32-19/h6-7,12-14H,2-5,8-11,15H2,1H3,(H,26,27,28)/p+1. The van der Waals surface area contributed by atoms with Gasteiger partial charge in [0.2, 0.25) is 24.7 Å². The van der Waals surface area contributed by atoms with Gasteiger partial charge in [0.1, 0.15) is 0 Å². The lowest BCUT2D eigenvalue weighted by atomic mass is 10.1. The Labute approximate surface area is 197 Å². The second-order valence-electron chi connectivity index (χ2n) is 8.18. The molecule has 2 aliphatic rings. The molecule has 33 heavy (non-hydrogen) atoms. The number of benzene rings is 2. The maximum atomic E-state index is 6.44.